The Morgan fingerprint density at radius 1 is 1.33 bits per heavy atom. The van der Waals surface area contributed by atoms with E-state index in [4.69, 9.17) is 0 Å². The molecule has 1 aliphatic rings. The Bertz CT molecular complexity index is 599. The Balaban J connectivity index is 1.91. The molecule has 0 aliphatic carbocycles. The molecule has 114 valence electrons. The fourth-order valence-corrected chi connectivity index (χ4v) is 3.06. The number of hydrogen-bond acceptors (Lipinski definition) is 5. The molecular weight excluding hydrogens is 264 g/mol. The van der Waals surface area contributed by atoms with Crippen molar-refractivity contribution in [2.75, 3.05) is 24.5 Å². The van der Waals surface area contributed by atoms with Crippen molar-refractivity contribution in [1.29, 1.82) is 0 Å². The number of nitrogens with one attached hydrogen (secondary N) is 1. The van der Waals surface area contributed by atoms with Crippen molar-refractivity contribution in [1.82, 2.24) is 25.1 Å². The third-order valence-electron chi connectivity index (χ3n) is 4.32. The molecule has 0 spiro atoms. The lowest BCUT2D eigenvalue weighted by molar-refractivity contribution is 0.367. The summed E-state index contributed by atoms with van der Waals surface area (Å²) in [6.07, 6.45) is 6.01. The van der Waals surface area contributed by atoms with E-state index in [0.717, 1.165) is 42.4 Å². The van der Waals surface area contributed by atoms with E-state index in [2.05, 4.69) is 39.1 Å². The summed E-state index contributed by atoms with van der Waals surface area (Å²) in [4.78, 5) is 11.3. The number of aromatic nitrogens is 4. The van der Waals surface area contributed by atoms with Gasteiger partial charge in [0.25, 0.3) is 0 Å². The number of aryl methyl sites for hydroxylation is 1. The van der Waals surface area contributed by atoms with Gasteiger partial charge in [0.05, 0.1) is 11.6 Å². The Morgan fingerprint density at radius 3 is 2.81 bits per heavy atom. The van der Waals surface area contributed by atoms with E-state index >= 15 is 0 Å². The molecule has 1 saturated heterocycles. The molecule has 3 heterocycles. The number of hydrogen-bond donors (Lipinski definition) is 1. The van der Waals surface area contributed by atoms with Crippen molar-refractivity contribution in [3.63, 3.8) is 0 Å². The van der Waals surface area contributed by atoms with Crippen molar-refractivity contribution in [2.24, 2.45) is 13.0 Å². The summed E-state index contributed by atoms with van der Waals surface area (Å²) >= 11 is 0. The van der Waals surface area contributed by atoms with Gasteiger partial charge in [-0.1, -0.05) is 0 Å². The van der Waals surface area contributed by atoms with Crippen LogP contribution in [0.1, 0.15) is 26.7 Å². The van der Waals surface area contributed by atoms with Gasteiger partial charge >= 0.3 is 0 Å². The molecule has 1 fully saturated rings. The van der Waals surface area contributed by atoms with Crippen LogP contribution in [-0.2, 0) is 7.05 Å². The first kappa shape index (κ1) is 14.3. The molecule has 0 amide bonds. The van der Waals surface area contributed by atoms with E-state index in [0.29, 0.717) is 6.04 Å². The van der Waals surface area contributed by atoms with Crippen molar-refractivity contribution >= 4 is 16.9 Å². The smallest absolute Gasteiger partial charge is 0.163 e. The van der Waals surface area contributed by atoms with Crippen LogP contribution in [0.2, 0.25) is 0 Å². The number of nitrogens with zero attached hydrogens (tertiary/aromatic N) is 5. The molecule has 1 N–H and O–H groups in total. The molecule has 21 heavy (non-hydrogen) atoms. The summed E-state index contributed by atoms with van der Waals surface area (Å²) in [5, 5.41) is 8.80. The van der Waals surface area contributed by atoms with E-state index < -0.39 is 0 Å². The average Bonchev–Trinajstić information content (AvgIpc) is 2.87. The second-order valence-corrected chi connectivity index (χ2v) is 6.14. The summed E-state index contributed by atoms with van der Waals surface area (Å²) in [5.41, 5.74) is 0.899. The fourth-order valence-electron chi connectivity index (χ4n) is 3.06. The molecule has 0 aromatic carbocycles. The first-order valence-electron chi connectivity index (χ1n) is 7.77. The van der Waals surface area contributed by atoms with E-state index in [1.54, 1.807) is 6.33 Å². The van der Waals surface area contributed by atoms with Gasteiger partial charge in [0.1, 0.15) is 12.1 Å². The summed E-state index contributed by atoms with van der Waals surface area (Å²) in [7, 11) is 1.92. The SMILES string of the molecule is CC(C)N(CC1CCNCC1)c1ncnc2c1cnn2C. The van der Waals surface area contributed by atoms with Gasteiger partial charge in [-0.25, -0.2) is 9.97 Å². The zero-order chi connectivity index (χ0) is 14.8. The van der Waals surface area contributed by atoms with E-state index in [1.807, 2.05) is 17.9 Å². The Labute approximate surface area is 125 Å². The van der Waals surface area contributed by atoms with Gasteiger partial charge in [-0.2, -0.15) is 5.10 Å². The van der Waals surface area contributed by atoms with Crippen molar-refractivity contribution in [3.8, 4) is 0 Å². The van der Waals surface area contributed by atoms with E-state index in [1.165, 1.54) is 12.8 Å². The van der Waals surface area contributed by atoms with Crippen LogP contribution in [0.25, 0.3) is 11.0 Å². The van der Waals surface area contributed by atoms with Gasteiger partial charge < -0.3 is 10.2 Å². The lowest BCUT2D eigenvalue weighted by Crippen LogP contribution is -2.40. The molecular formula is C15H24N6. The maximum Gasteiger partial charge on any atom is 0.163 e. The summed E-state index contributed by atoms with van der Waals surface area (Å²) < 4.78 is 1.81. The van der Waals surface area contributed by atoms with Crippen LogP contribution in [0.3, 0.4) is 0 Å². The molecule has 6 heteroatoms. The van der Waals surface area contributed by atoms with Crippen LogP contribution in [0.4, 0.5) is 5.82 Å². The molecule has 1 aliphatic heterocycles. The van der Waals surface area contributed by atoms with Crippen LogP contribution < -0.4 is 10.2 Å². The number of rotatable bonds is 4. The fraction of sp³-hybridized carbons (Fsp3) is 0.667. The molecule has 2 aromatic heterocycles. The highest BCUT2D eigenvalue weighted by Crippen LogP contribution is 2.26. The van der Waals surface area contributed by atoms with Gasteiger partial charge in [0.2, 0.25) is 0 Å². The Morgan fingerprint density at radius 2 is 2.10 bits per heavy atom. The molecule has 0 radical (unpaired) electrons. The topological polar surface area (TPSA) is 58.9 Å². The summed E-state index contributed by atoms with van der Waals surface area (Å²) in [5.74, 6) is 1.75. The first-order chi connectivity index (χ1) is 10.2. The number of fused-ring (bicyclic) bond motifs is 1. The summed E-state index contributed by atoms with van der Waals surface area (Å²) in [6, 6.07) is 0.415. The predicted octanol–water partition coefficient (Wildman–Crippen LogP) is 1.58. The molecule has 0 saturated carbocycles. The van der Waals surface area contributed by atoms with Crippen LogP contribution in [0.15, 0.2) is 12.5 Å². The predicted molar refractivity (Wildman–Crippen MR) is 84.4 cm³/mol. The highest BCUT2D eigenvalue weighted by atomic mass is 15.3. The second kappa shape index (κ2) is 5.97. The maximum absolute atomic E-state index is 4.55. The lowest BCUT2D eigenvalue weighted by atomic mass is 9.97. The first-order valence-corrected chi connectivity index (χ1v) is 7.77. The second-order valence-electron chi connectivity index (χ2n) is 6.14. The van der Waals surface area contributed by atoms with Crippen molar-refractivity contribution in [2.45, 2.75) is 32.7 Å². The highest BCUT2D eigenvalue weighted by Gasteiger charge is 2.22. The third-order valence-corrected chi connectivity index (χ3v) is 4.32. The van der Waals surface area contributed by atoms with Gasteiger partial charge in [0, 0.05) is 19.6 Å². The average molecular weight is 288 g/mol. The molecule has 0 unspecified atom stereocenters. The molecule has 0 atom stereocenters. The highest BCUT2D eigenvalue weighted by molar-refractivity contribution is 5.86. The van der Waals surface area contributed by atoms with Gasteiger partial charge in [-0.05, 0) is 45.7 Å². The van der Waals surface area contributed by atoms with Gasteiger partial charge in [-0.15, -0.1) is 0 Å². The van der Waals surface area contributed by atoms with Crippen LogP contribution in [-0.4, -0.2) is 45.4 Å². The van der Waals surface area contributed by atoms with E-state index in [-0.39, 0.29) is 0 Å². The van der Waals surface area contributed by atoms with E-state index in [9.17, 15) is 0 Å². The van der Waals surface area contributed by atoms with Gasteiger partial charge in [0.15, 0.2) is 5.65 Å². The monoisotopic (exact) mass is 288 g/mol. The third kappa shape index (κ3) is 2.85. The zero-order valence-corrected chi connectivity index (χ0v) is 13.1. The standard InChI is InChI=1S/C15H24N6/c1-11(2)21(9-12-4-6-16-7-5-12)15-13-8-19-20(3)14(13)17-10-18-15/h8,10-12,16H,4-7,9H2,1-3H3. The van der Waals surface area contributed by atoms with Crippen LogP contribution >= 0.6 is 0 Å². The minimum atomic E-state index is 0.415. The minimum Gasteiger partial charge on any atom is -0.353 e. The summed E-state index contributed by atoms with van der Waals surface area (Å²) in [6.45, 7) is 7.77. The minimum absolute atomic E-state index is 0.415. The van der Waals surface area contributed by atoms with Gasteiger partial charge in [-0.3, -0.25) is 4.68 Å². The van der Waals surface area contributed by atoms with Crippen molar-refractivity contribution < 1.29 is 0 Å². The molecule has 0 bridgehead atoms. The van der Waals surface area contributed by atoms with Crippen LogP contribution in [0.5, 0.6) is 0 Å². The number of anilines is 1. The van der Waals surface area contributed by atoms with Crippen LogP contribution in [0, 0.1) is 5.92 Å². The molecule has 2 aromatic rings. The largest absolute Gasteiger partial charge is 0.353 e. The zero-order valence-electron chi connectivity index (χ0n) is 13.1. The number of piperidine rings is 1. The molecule has 3 rings (SSSR count). The Kier molecular flexibility index (Phi) is 4.05. The maximum atomic E-state index is 4.55. The molecule has 6 nitrogen and oxygen atoms in total. The normalized spacial score (nSPS) is 16.8. The lowest BCUT2D eigenvalue weighted by Gasteiger charge is -2.33. The van der Waals surface area contributed by atoms with Crippen molar-refractivity contribution in [3.05, 3.63) is 12.5 Å². The Hall–Kier alpha value is -1.69. The quantitative estimate of drug-likeness (QED) is 0.925.